The predicted molar refractivity (Wildman–Crippen MR) is 104 cm³/mol. The predicted octanol–water partition coefficient (Wildman–Crippen LogP) is 2.12. The molecule has 1 aliphatic carbocycles. The van der Waals surface area contributed by atoms with Gasteiger partial charge in [0.2, 0.25) is 0 Å². The van der Waals surface area contributed by atoms with Crippen molar-refractivity contribution >= 4 is 23.7 Å². The molecular formula is C22H26O8. The second kappa shape index (κ2) is 8.18. The largest absolute Gasteiger partial charge is 0.461 e. The number of hydrogen-bond acceptors (Lipinski definition) is 8. The molecule has 162 valence electrons. The van der Waals surface area contributed by atoms with Gasteiger partial charge in [0.1, 0.15) is 18.8 Å². The van der Waals surface area contributed by atoms with E-state index in [-0.39, 0.29) is 36.4 Å². The van der Waals surface area contributed by atoms with E-state index in [0.717, 1.165) is 0 Å². The van der Waals surface area contributed by atoms with Crippen LogP contribution in [0, 0.1) is 0 Å². The highest BCUT2D eigenvalue weighted by Gasteiger charge is 2.62. The van der Waals surface area contributed by atoms with Crippen LogP contribution in [0.5, 0.6) is 0 Å². The van der Waals surface area contributed by atoms with Gasteiger partial charge in [-0.3, -0.25) is 9.59 Å². The van der Waals surface area contributed by atoms with Crippen LogP contribution in [0.4, 0.5) is 0 Å². The number of ether oxygens (including phenoxy) is 4. The first-order valence-electron chi connectivity index (χ1n) is 9.87. The number of hydrogen-bond donors (Lipinski definition) is 0. The summed E-state index contributed by atoms with van der Waals surface area (Å²) in [4.78, 5) is 49.0. The average molecular weight is 418 g/mol. The molecule has 8 heteroatoms. The first kappa shape index (κ1) is 22.0. The SMILES string of the molecule is C=C1CC(OC(=O)C(C)=CC)C2=C(COC(C)=O)C(=O)OC2C2OC2(C)CCC1=O. The Morgan fingerprint density at radius 1 is 1.30 bits per heavy atom. The molecule has 0 aromatic rings. The van der Waals surface area contributed by atoms with E-state index in [1.54, 1.807) is 19.9 Å². The summed E-state index contributed by atoms with van der Waals surface area (Å²) in [5.74, 6) is -1.96. The number of fused-ring (bicyclic) bond motifs is 3. The van der Waals surface area contributed by atoms with Gasteiger partial charge in [0, 0.05) is 30.9 Å². The summed E-state index contributed by atoms with van der Waals surface area (Å²) >= 11 is 0. The van der Waals surface area contributed by atoms with Gasteiger partial charge in [-0.05, 0) is 32.8 Å². The minimum Gasteiger partial charge on any atom is -0.461 e. The third-order valence-corrected chi connectivity index (χ3v) is 5.80. The summed E-state index contributed by atoms with van der Waals surface area (Å²) in [6, 6.07) is 0. The zero-order valence-corrected chi connectivity index (χ0v) is 17.6. The molecule has 4 unspecified atom stereocenters. The topological polar surface area (TPSA) is 108 Å². The van der Waals surface area contributed by atoms with Crippen LogP contribution in [0.15, 0.2) is 34.9 Å². The Kier molecular flexibility index (Phi) is 5.99. The van der Waals surface area contributed by atoms with Gasteiger partial charge in [-0.1, -0.05) is 12.7 Å². The maximum absolute atomic E-state index is 12.6. The molecule has 1 saturated carbocycles. The average Bonchev–Trinajstić information content (AvgIpc) is 3.25. The van der Waals surface area contributed by atoms with Crippen LogP contribution in [0.1, 0.15) is 47.0 Å². The van der Waals surface area contributed by atoms with Crippen LogP contribution >= 0.6 is 0 Å². The Balaban J connectivity index is 2.06. The van der Waals surface area contributed by atoms with Gasteiger partial charge in [-0.2, -0.15) is 0 Å². The smallest absolute Gasteiger partial charge is 0.338 e. The maximum Gasteiger partial charge on any atom is 0.338 e. The molecule has 2 fully saturated rings. The van der Waals surface area contributed by atoms with Crippen LogP contribution in [-0.4, -0.2) is 54.2 Å². The van der Waals surface area contributed by atoms with Crippen molar-refractivity contribution in [3.8, 4) is 0 Å². The highest BCUT2D eigenvalue weighted by Crippen LogP contribution is 2.49. The lowest BCUT2D eigenvalue weighted by atomic mass is 9.85. The van der Waals surface area contributed by atoms with Crippen molar-refractivity contribution in [2.45, 2.75) is 70.9 Å². The molecule has 3 rings (SSSR count). The highest BCUT2D eigenvalue weighted by atomic mass is 16.6. The van der Waals surface area contributed by atoms with Crippen LogP contribution in [0.3, 0.4) is 0 Å². The number of ketones is 1. The lowest BCUT2D eigenvalue weighted by Crippen LogP contribution is -2.34. The second-order valence-corrected chi connectivity index (χ2v) is 7.99. The summed E-state index contributed by atoms with van der Waals surface area (Å²) < 4.78 is 22.1. The van der Waals surface area contributed by atoms with E-state index in [2.05, 4.69) is 6.58 Å². The quantitative estimate of drug-likeness (QED) is 0.296. The fourth-order valence-electron chi connectivity index (χ4n) is 3.73. The Morgan fingerprint density at radius 3 is 2.63 bits per heavy atom. The number of carbonyl (C=O) groups excluding carboxylic acids is 4. The molecule has 2 aliphatic heterocycles. The van der Waals surface area contributed by atoms with Gasteiger partial charge in [-0.25, -0.2) is 9.59 Å². The molecule has 0 radical (unpaired) electrons. The molecule has 0 spiro atoms. The maximum atomic E-state index is 12.6. The molecule has 1 saturated heterocycles. The molecule has 4 atom stereocenters. The van der Waals surface area contributed by atoms with Crippen molar-refractivity contribution in [3.05, 3.63) is 34.9 Å². The molecular weight excluding hydrogens is 392 g/mol. The molecule has 0 aromatic heterocycles. The van der Waals surface area contributed by atoms with Gasteiger partial charge in [0.05, 0.1) is 11.2 Å². The highest BCUT2D eigenvalue weighted by molar-refractivity contribution is 5.96. The molecule has 0 N–H and O–H groups in total. The minimum absolute atomic E-state index is 0.0110. The summed E-state index contributed by atoms with van der Waals surface area (Å²) in [5, 5.41) is 0. The number of Topliss-reactive ketones (excluding diaryl/α,β-unsaturated/α-hetero) is 1. The molecule has 3 aliphatic rings. The summed E-state index contributed by atoms with van der Waals surface area (Å²) in [6.45, 7) is 9.91. The van der Waals surface area contributed by atoms with Crippen molar-refractivity contribution in [3.63, 3.8) is 0 Å². The van der Waals surface area contributed by atoms with Crippen molar-refractivity contribution in [2.24, 2.45) is 0 Å². The first-order valence-corrected chi connectivity index (χ1v) is 9.87. The van der Waals surface area contributed by atoms with E-state index in [1.807, 2.05) is 6.92 Å². The van der Waals surface area contributed by atoms with Crippen LogP contribution < -0.4 is 0 Å². The van der Waals surface area contributed by atoms with Crippen LogP contribution in [0.2, 0.25) is 0 Å². The zero-order valence-electron chi connectivity index (χ0n) is 17.6. The standard InChI is InChI=1S/C22H26O8/c1-6-11(2)20(25)28-16-9-12(3)15(24)7-8-22(5)19(30-22)18-17(16)14(21(26)29-18)10-27-13(4)23/h6,16,18-19H,3,7-10H2,1-2,4-5H3. The van der Waals surface area contributed by atoms with Crippen molar-refractivity contribution in [2.75, 3.05) is 6.61 Å². The van der Waals surface area contributed by atoms with E-state index in [0.29, 0.717) is 17.6 Å². The Bertz CT molecular complexity index is 880. The van der Waals surface area contributed by atoms with Gasteiger partial charge >= 0.3 is 17.9 Å². The van der Waals surface area contributed by atoms with Gasteiger partial charge < -0.3 is 18.9 Å². The van der Waals surface area contributed by atoms with E-state index < -0.39 is 41.8 Å². The minimum atomic E-state index is -0.975. The molecule has 0 aromatic carbocycles. The van der Waals surface area contributed by atoms with Crippen molar-refractivity contribution < 1.29 is 38.1 Å². The van der Waals surface area contributed by atoms with E-state index >= 15 is 0 Å². The fourth-order valence-corrected chi connectivity index (χ4v) is 3.73. The second-order valence-electron chi connectivity index (χ2n) is 7.99. The first-order chi connectivity index (χ1) is 14.1. The summed E-state index contributed by atoms with van der Waals surface area (Å²) in [6.07, 6.45) is 0.0611. The molecule has 30 heavy (non-hydrogen) atoms. The summed E-state index contributed by atoms with van der Waals surface area (Å²) in [7, 11) is 0. The van der Waals surface area contributed by atoms with Gasteiger partial charge in [-0.15, -0.1) is 0 Å². The molecule has 0 amide bonds. The number of epoxide rings is 1. The van der Waals surface area contributed by atoms with Crippen LogP contribution in [0.25, 0.3) is 0 Å². The lowest BCUT2D eigenvalue weighted by Gasteiger charge is -2.25. The Morgan fingerprint density at radius 2 is 2.00 bits per heavy atom. The monoisotopic (exact) mass is 418 g/mol. The molecule has 8 nitrogen and oxygen atoms in total. The third-order valence-electron chi connectivity index (χ3n) is 5.80. The number of rotatable bonds is 4. The fraction of sp³-hybridized carbons (Fsp3) is 0.545. The summed E-state index contributed by atoms with van der Waals surface area (Å²) in [5.41, 5.74) is 0.480. The van der Waals surface area contributed by atoms with Crippen molar-refractivity contribution in [1.82, 2.24) is 0 Å². The third kappa shape index (κ3) is 4.23. The number of esters is 3. The molecule has 0 bridgehead atoms. The lowest BCUT2D eigenvalue weighted by molar-refractivity contribution is -0.144. The number of carbonyl (C=O) groups is 4. The van der Waals surface area contributed by atoms with E-state index in [4.69, 9.17) is 18.9 Å². The Labute approximate surface area is 174 Å². The van der Waals surface area contributed by atoms with E-state index in [9.17, 15) is 19.2 Å². The Hall–Kier alpha value is -2.74. The van der Waals surface area contributed by atoms with E-state index in [1.165, 1.54) is 6.92 Å². The van der Waals surface area contributed by atoms with Crippen molar-refractivity contribution in [1.29, 1.82) is 0 Å². The van der Waals surface area contributed by atoms with Gasteiger partial charge in [0.25, 0.3) is 0 Å². The van der Waals surface area contributed by atoms with Gasteiger partial charge in [0.15, 0.2) is 11.9 Å². The van der Waals surface area contributed by atoms with Crippen LogP contribution in [-0.2, 0) is 38.1 Å². The number of allylic oxidation sites excluding steroid dienone is 1. The zero-order chi connectivity index (χ0) is 22.2. The normalized spacial score (nSPS) is 31.5. The molecule has 2 heterocycles.